The van der Waals surface area contributed by atoms with E-state index in [0.717, 1.165) is 48.9 Å². The van der Waals surface area contributed by atoms with Gasteiger partial charge >= 0.3 is 0 Å². The van der Waals surface area contributed by atoms with Gasteiger partial charge in [-0.1, -0.05) is 0 Å². The molecule has 1 N–H and O–H groups in total. The number of hydrogen-bond donors (Lipinski definition) is 1. The molecule has 0 radical (unpaired) electrons. The van der Waals surface area contributed by atoms with Crippen LogP contribution in [0.25, 0.3) is 11.3 Å². The Bertz CT molecular complexity index is 1030. The Morgan fingerprint density at radius 2 is 1.87 bits per heavy atom. The van der Waals surface area contributed by atoms with Crippen molar-refractivity contribution in [3.63, 3.8) is 0 Å². The van der Waals surface area contributed by atoms with Crippen LogP contribution in [0.4, 0.5) is 19.0 Å². The number of anilines is 1. The summed E-state index contributed by atoms with van der Waals surface area (Å²) in [6.07, 6.45) is 4.72. The van der Waals surface area contributed by atoms with Gasteiger partial charge in [-0.3, -0.25) is 0 Å². The molecule has 8 heteroatoms. The molecule has 1 aromatic carbocycles. The number of rotatable bonds is 5. The highest BCUT2D eigenvalue weighted by Gasteiger charge is 2.46. The molecule has 0 spiro atoms. The number of methoxy groups -OCH3 is 1. The van der Waals surface area contributed by atoms with Crippen molar-refractivity contribution in [1.82, 2.24) is 10.2 Å². The molecule has 2 aliphatic heterocycles. The van der Waals surface area contributed by atoms with Crippen molar-refractivity contribution in [3.05, 3.63) is 40.5 Å². The molecule has 2 aliphatic carbocycles. The van der Waals surface area contributed by atoms with Crippen LogP contribution >= 0.6 is 0 Å². The lowest BCUT2D eigenvalue weighted by Crippen LogP contribution is -2.44. The minimum atomic E-state index is -1.60. The number of fused-ring (bicyclic) bond motifs is 4. The maximum Gasteiger partial charge on any atom is 0.155 e. The SMILES string of the molecule is CO[C@@H]1CC[C@H]1Nc1nnc(-c2c(F)cc(C3(F)CC3)cc2F)c2c1[C@@H]1CC[C@H](C2)O1. The van der Waals surface area contributed by atoms with Crippen molar-refractivity contribution in [2.75, 3.05) is 12.4 Å². The van der Waals surface area contributed by atoms with Crippen LogP contribution in [-0.2, 0) is 21.6 Å². The van der Waals surface area contributed by atoms with Gasteiger partial charge in [-0.15, -0.1) is 10.2 Å². The summed E-state index contributed by atoms with van der Waals surface area (Å²) >= 11 is 0. The molecular formula is C23H24F3N3O2. The minimum absolute atomic E-state index is 0.00898. The first-order valence-corrected chi connectivity index (χ1v) is 11.0. The third-order valence-corrected chi connectivity index (χ3v) is 7.30. The summed E-state index contributed by atoms with van der Waals surface area (Å²) in [5, 5.41) is 12.0. The molecule has 5 nitrogen and oxygen atoms in total. The van der Waals surface area contributed by atoms with Gasteiger partial charge in [0.1, 0.15) is 23.0 Å². The molecule has 3 fully saturated rings. The van der Waals surface area contributed by atoms with Crippen LogP contribution in [0.5, 0.6) is 0 Å². The van der Waals surface area contributed by atoms with Crippen LogP contribution in [0.3, 0.4) is 0 Å². The molecule has 3 heterocycles. The predicted molar refractivity (Wildman–Crippen MR) is 107 cm³/mol. The second-order valence-corrected chi connectivity index (χ2v) is 9.20. The van der Waals surface area contributed by atoms with E-state index in [-0.39, 0.29) is 41.2 Å². The highest BCUT2D eigenvalue weighted by atomic mass is 19.1. The summed E-state index contributed by atoms with van der Waals surface area (Å²) in [5.74, 6) is -0.990. The fourth-order valence-electron chi connectivity index (χ4n) is 5.19. The van der Waals surface area contributed by atoms with Gasteiger partial charge in [-0.25, -0.2) is 13.2 Å². The smallest absolute Gasteiger partial charge is 0.155 e. The Morgan fingerprint density at radius 3 is 2.52 bits per heavy atom. The maximum absolute atomic E-state index is 15.1. The number of ether oxygens (including phenoxy) is 2. The van der Waals surface area contributed by atoms with Crippen LogP contribution in [0, 0.1) is 11.6 Å². The standard InChI is InChI=1S/C23H24F3N3O2/c1-30-17-5-3-16(17)27-22-19-13(10-12-2-4-18(19)31-12)21(28-29-22)20-14(24)8-11(9-15(20)25)23(26)6-7-23/h8-9,12,16-18H,2-7,10H2,1H3,(H,27,29)/t12-,16-,17-,18+/m1/s1. The predicted octanol–water partition coefficient (Wildman–Crippen LogP) is 4.75. The van der Waals surface area contributed by atoms with Crippen molar-refractivity contribution in [1.29, 1.82) is 0 Å². The number of halogens is 3. The van der Waals surface area contributed by atoms with Gasteiger partial charge in [0.25, 0.3) is 0 Å². The molecule has 1 aromatic heterocycles. The summed E-state index contributed by atoms with van der Waals surface area (Å²) in [4.78, 5) is 0. The fourth-order valence-corrected chi connectivity index (χ4v) is 5.19. The number of aromatic nitrogens is 2. The zero-order valence-corrected chi connectivity index (χ0v) is 17.3. The number of alkyl halides is 1. The molecule has 4 aliphatic rings. The zero-order chi connectivity index (χ0) is 21.3. The molecular weight excluding hydrogens is 407 g/mol. The fraction of sp³-hybridized carbons (Fsp3) is 0.565. The molecule has 2 saturated carbocycles. The van der Waals surface area contributed by atoms with Crippen molar-refractivity contribution in [2.45, 2.75) is 75.0 Å². The maximum atomic E-state index is 15.1. The van der Waals surface area contributed by atoms with Crippen LogP contribution in [0.2, 0.25) is 0 Å². The van der Waals surface area contributed by atoms with E-state index in [1.165, 1.54) is 0 Å². The summed E-state index contributed by atoms with van der Waals surface area (Å²) < 4.78 is 56.1. The van der Waals surface area contributed by atoms with E-state index >= 15 is 8.78 Å². The summed E-state index contributed by atoms with van der Waals surface area (Å²) in [5.41, 5.74) is 0.0347. The number of benzene rings is 1. The van der Waals surface area contributed by atoms with E-state index in [0.29, 0.717) is 25.1 Å². The number of nitrogens with one attached hydrogen (secondary N) is 1. The Morgan fingerprint density at radius 1 is 1.10 bits per heavy atom. The first-order chi connectivity index (χ1) is 15.0. The molecule has 0 unspecified atom stereocenters. The highest BCUT2D eigenvalue weighted by Crippen LogP contribution is 2.51. The Kier molecular flexibility index (Phi) is 4.34. The molecule has 164 valence electrons. The Labute approximate surface area is 178 Å². The first kappa shape index (κ1) is 19.5. The Balaban J connectivity index is 1.45. The van der Waals surface area contributed by atoms with Gasteiger partial charge in [0.15, 0.2) is 5.82 Å². The largest absolute Gasteiger partial charge is 0.379 e. The van der Waals surface area contributed by atoms with Crippen molar-refractivity contribution < 1.29 is 22.6 Å². The number of nitrogens with zero attached hydrogens (tertiary/aromatic N) is 2. The zero-order valence-electron chi connectivity index (χ0n) is 17.3. The van der Waals surface area contributed by atoms with E-state index in [2.05, 4.69) is 15.5 Å². The lowest BCUT2D eigenvalue weighted by Gasteiger charge is -2.37. The monoisotopic (exact) mass is 431 g/mol. The summed E-state index contributed by atoms with van der Waals surface area (Å²) in [6, 6.07) is 2.34. The average Bonchev–Trinajstić information content (AvgIpc) is 3.37. The minimum Gasteiger partial charge on any atom is -0.379 e. The van der Waals surface area contributed by atoms with Gasteiger partial charge in [-0.2, -0.15) is 0 Å². The molecule has 2 bridgehead atoms. The lowest BCUT2D eigenvalue weighted by atomic mass is 9.88. The molecule has 4 atom stereocenters. The van der Waals surface area contributed by atoms with Crippen molar-refractivity contribution in [2.24, 2.45) is 0 Å². The molecule has 1 saturated heterocycles. The van der Waals surface area contributed by atoms with E-state index in [1.54, 1.807) is 7.11 Å². The van der Waals surface area contributed by atoms with Gasteiger partial charge in [0.2, 0.25) is 0 Å². The van der Waals surface area contributed by atoms with Gasteiger partial charge in [0.05, 0.1) is 29.9 Å². The Hall–Kier alpha value is -2.19. The molecule has 6 rings (SSSR count). The molecule has 0 amide bonds. The van der Waals surface area contributed by atoms with Crippen LogP contribution in [0.1, 0.15) is 61.3 Å². The molecule has 2 aromatic rings. The summed E-state index contributed by atoms with van der Waals surface area (Å²) in [6.45, 7) is 0. The third kappa shape index (κ3) is 3.06. The van der Waals surface area contributed by atoms with Gasteiger partial charge in [0, 0.05) is 19.1 Å². The van der Waals surface area contributed by atoms with E-state index < -0.39 is 17.3 Å². The van der Waals surface area contributed by atoms with Crippen LogP contribution in [-0.4, -0.2) is 35.6 Å². The van der Waals surface area contributed by atoms with E-state index in [4.69, 9.17) is 9.47 Å². The second-order valence-electron chi connectivity index (χ2n) is 9.20. The number of hydrogen-bond acceptors (Lipinski definition) is 5. The second kappa shape index (κ2) is 6.90. The van der Waals surface area contributed by atoms with Crippen molar-refractivity contribution in [3.8, 4) is 11.3 Å². The molecule has 31 heavy (non-hydrogen) atoms. The highest BCUT2D eigenvalue weighted by molar-refractivity contribution is 5.70. The van der Waals surface area contributed by atoms with E-state index in [1.807, 2.05) is 0 Å². The summed E-state index contributed by atoms with van der Waals surface area (Å²) in [7, 11) is 1.69. The first-order valence-electron chi connectivity index (χ1n) is 11.0. The van der Waals surface area contributed by atoms with Crippen LogP contribution < -0.4 is 5.32 Å². The van der Waals surface area contributed by atoms with Crippen molar-refractivity contribution >= 4 is 5.82 Å². The van der Waals surface area contributed by atoms with Crippen LogP contribution in [0.15, 0.2) is 12.1 Å². The average molecular weight is 431 g/mol. The third-order valence-electron chi connectivity index (χ3n) is 7.30. The normalized spacial score (nSPS) is 29.9. The quantitative estimate of drug-likeness (QED) is 0.741. The van der Waals surface area contributed by atoms with Gasteiger partial charge in [-0.05, 0) is 61.8 Å². The van der Waals surface area contributed by atoms with E-state index in [9.17, 15) is 4.39 Å². The lowest BCUT2D eigenvalue weighted by molar-refractivity contribution is 0.0261. The topological polar surface area (TPSA) is 56.3 Å². The van der Waals surface area contributed by atoms with Gasteiger partial charge < -0.3 is 14.8 Å².